The van der Waals surface area contributed by atoms with Crippen molar-refractivity contribution in [1.82, 2.24) is 0 Å². The van der Waals surface area contributed by atoms with Crippen LogP contribution >= 0.6 is 0 Å². The smallest absolute Gasteiger partial charge is 0.224 e. The Morgan fingerprint density at radius 1 is 1.44 bits per heavy atom. The number of para-hydroxylation sites is 1. The van der Waals surface area contributed by atoms with Crippen molar-refractivity contribution in [2.75, 3.05) is 19.0 Å². The quantitative estimate of drug-likeness (QED) is 0.830. The molecule has 0 saturated heterocycles. The van der Waals surface area contributed by atoms with E-state index in [0.29, 0.717) is 13.0 Å². The van der Waals surface area contributed by atoms with Crippen LogP contribution in [0.15, 0.2) is 24.3 Å². The van der Waals surface area contributed by atoms with E-state index < -0.39 is 0 Å². The maximum Gasteiger partial charge on any atom is 0.224 e. The molecule has 0 aromatic heterocycles. The van der Waals surface area contributed by atoms with Crippen molar-refractivity contribution in [3.8, 4) is 0 Å². The SMILES string of the molecule is COCC(C)CC(=O)Nc1ccccc1C. The second-order valence-electron chi connectivity index (χ2n) is 4.13. The van der Waals surface area contributed by atoms with E-state index in [-0.39, 0.29) is 11.8 Å². The van der Waals surface area contributed by atoms with Gasteiger partial charge in [0, 0.05) is 25.8 Å². The number of benzene rings is 1. The molecule has 3 nitrogen and oxygen atoms in total. The number of hydrogen-bond acceptors (Lipinski definition) is 2. The minimum atomic E-state index is 0.0406. The molecule has 0 fully saturated rings. The molecule has 1 aromatic rings. The number of rotatable bonds is 5. The normalized spacial score (nSPS) is 12.2. The van der Waals surface area contributed by atoms with Crippen molar-refractivity contribution in [3.05, 3.63) is 29.8 Å². The van der Waals surface area contributed by atoms with Crippen LogP contribution in [-0.2, 0) is 9.53 Å². The Morgan fingerprint density at radius 3 is 2.75 bits per heavy atom. The Hall–Kier alpha value is -1.35. The van der Waals surface area contributed by atoms with Crippen molar-refractivity contribution in [3.63, 3.8) is 0 Å². The summed E-state index contributed by atoms with van der Waals surface area (Å²) in [6.07, 6.45) is 0.488. The van der Waals surface area contributed by atoms with E-state index in [2.05, 4.69) is 5.32 Å². The summed E-state index contributed by atoms with van der Waals surface area (Å²) in [6.45, 7) is 4.59. The second kappa shape index (κ2) is 6.28. The summed E-state index contributed by atoms with van der Waals surface area (Å²) in [7, 11) is 1.65. The summed E-state index contributed by atoms with van der Waals surface area (Å²) < 4.78 is 5.00. The molecule has 1 aromatic carbocycles. The van der Waals surface area contributed by atoms with Crippen LogP contribution < -0.4 is 5.32 Å². The third kappa shape index (κ3) is 4.03. The minimum absolute atomic E-state index is 0.0406. The van der Waals surface area contributed by atoms with Crippen LogP contribution in [0.3, 0.4) is 0 Å². The molecule has 16 heavy (non-hydrogen) atoms. The number of anilines is 1. The van der Waals surface area contributed by atoms with Crippen LogP contribution in [0.25, 0.3) is 0 Å². The van der Waals surface area contributed by atoms with Crippen molar-refractivity contribution < 1.29 is 9.53 Å². The van der Waals surface area contributed by atoms with Crippen LogP contribution in [0.4, 0.5) is 5.69 Å². The van der Waals surface area contributed by atoms with Gasteiger partial charge in [-0.25, -0.2) is 0 Å². The third-order valence-corrected chi connectivity index (χ3v) is 2.40. The van der Waals surface area contributed by atoms with E-state index in [9.17, 15) is 4.79 Å². The van der Waals surface area contributed by atoms with Crippen LogP contribution in [0.1, 0.15) is 18.9 Å². The summed E-state index contributed by atoms with van der Waals surface area (Å²) in [5.41, 5.74) is 1.97. The highest BCUT2D eigenvalue weighted by Crippen LogP contribution is 2.14. The molecule has 0 aliphatic carbocycles. The molecular formula is C13H19NO2. The van der Waals surface area contributed by atoms with Gasteiger partial charge in [-0.15, -0.1) is 0 Å². The predicted octanol–water partition coefficient (Wildman–Crippen LogP) is 2.61. The van der Waals surface area contributed by atoms with Crippen molar-refractivity contribution >= 4 is 11.6 Å². The zero-order valence-corrected chi connectivity index (χ0v) is 10.1. The van der Waals surface area contributed by atoms with Gasteiger partial charge in [-0.1, -0.05) is 25.1 Å². The third-order valence-electron chi connectivity index (χ3n) is 2.40. The lowest BCUT2D eigenvalue weighted by Crippen LogP contribution is -2.17. The molecule has 1 atom stereocenters. The molecule has 0 aliphatic heterocycles. The van der Waals surface area contributed by atoms with Crippen LogP contribution in [-0.4, -0.2) is 19.6 Å². The predicted molar refractivity (Wildman–Crippen MR) is 65.5 cm³/mol. The molecule has 0 saturated carbocycles. The minimum Gasteiger partial charge on any atom is -0.384 e. The number of carbonyl (C=O) groups excluding carboxylic acids is 1. The molecule has 1 amide bonds. The van der Waals surface area contributed by atoms with Crippen molar-refractivity contribution in [2.24, 2.45) is 5.92 Å². The van der Waals surface area contributed by atoms with Crippen molar-refractivity contribution in [2.45, 2.75) is 20.3 Å². The van der Waals surface area contributed by atoms with Crippen LogP contribution in [0, 0.1) is 12.8 Å². The summed E-state index contributed by atoms with van der Waals surface area (Å²) >= 11 is 0. The number of nitrogens with one attached hydrogen (secondary N) is 1. The second-order valence-corrected chi connectivity index (χ2v) is 4.13. The standard InChI is InChI=1S/C13H19NO2/c1-10(9-16-3)8-13(15)14-12-7-5-4-6-11(12)2/h4-7,10H,8-9H2,1-3H3,(H,14,15). The molecular weight excluding hydrogens is 202 g/mol. The van der Waals surface area contributed by atoms with Gasteiger partial charge in [-0.3, -0.25) is 4.79 Å². The fourth-order valence-corrected chi connectivity index (χ4v) is 1.57. The first-order valence-corrected chi connectivity index (χ1v) is 5.48. The lowest BCUT2D eigenvalue weighted by molar-refractivity contribution is -0.117. The molecule has 0 aliphatic rings. The average molecular weight is 221 g/mol. The lowest BCUT2D eigenvalue weighted by Gasteiger charge is -2.11. The molecule has 0 radical (unpaired) electrons. The first kappa shape index (κ1) is 12.7. The van der Waals surface area contributed by atoms with Gasteiger partial charge in [0.25, 0.3) is 0 Å². The Bertz CT molecular complexity index is 350. The van der Waals surface area contributed by atoms with E-state index in [1.165, 1.54) is 0 Å². The summed E-state index contributed by atoms with van der Waals surface area (Å²) in [5.74, 6) is 0.285. The van der Waals surface area contributed by atoms with E-state index in [0.717, 1.165) is 11.3 Å². The number of hydrogen-bond donors (Lipinski definition) is 1. The fourth-order valence-electron chi connectivity index (χ4n) is 1.57. The van der Waals surface area contributed by atoms with Gasteiger partial charge >= 0.3 is 0 Å². The Kier molecular flexibility index (Phi) is 4.99. The van der Waals surface area contributed by atoms with Gasteiger partial charge < -0.3 is 10.1 Å². The fraction of sp³-hybridized carbons (Fsp3) is 0.462. The molecule has 3 heteroatoms. The maximum atomic E-state index is 11.7. The Labute approximate surface area is 96.8 Å². The largest absolute Gasteiger partial charge is 0.384 e. The topological polar surface area (TPSA) is 38.3 Å². The number of carbonyl (C=O) groups is 1. The number of amides is 1. The number of aryl methyl sites for hydroxylation is 1. The molecule has 0 heterocycles. The average Bonchev–Trinajstić information content (AvgIpc) is 2.21. The molecule has 1 rings (SSSR count). The first-order chi connectivity index (χ1) is 7.63. The lowest BCUT2D eigenvalue weighted by atomic mass is 10.1. The van der Waals surface area contributed by atoms with Gasteiger partial charge in [-0.2, -0.15) is 0 Å². The monoisotopic (exact) mass is 221 g/mol. The van der Waals surface area contributed by atoms with Gasteiger partial charge in [0.05, 0.1) is 0 Å². The van der Waals surface area contributed by atoms with Gasteiger partial charge in [0.1, 0.15) is 0 Å². The van der Waals surface area contributed by atoms with E-state index in [1.54, 1.807) is 7.11 Å². The molecule has 88 valence electrons. The molecule has 0 bridgehead atoms. The number of ether oxygens (including phenoxy) is 1. The molecule has 0 spiro atoms. The highest BCUT2D eigenvalue weighted by molar-refractivity contribution is 5.91. The molecule has 1 N–H and O–H groups in total. The van der Waals surface area contributed by atoms with E-state index in [1.807, 2.05) is 38.1 Å². The van der Waals surface area contributed by atoms with Crippen LogP contribution in [0.5, 0.6) is 0 Å². The number of methoxy groups -OCH3 is 1. The van der Waals surface area contributed by atoms with E-state index in [4.69, 9.17) is 4.74 Å². The molecule has 1 unspecified atom stereocenters. The highest BCUT2D eigenvalue weighted by Gasteiger charge is 2.09. The zero-order valence-electron chi connectivity index (χ0n) is 10.1. The first-order valence-electron chi connectivity index (χ1n) is 5.48. The zero-order chi connectivity index (χ0) is 12.0. The Balaban J connectivity index is 2.49. The van der Waals surface area contributed by atoms with Gasteiger partial charge in [0.15, 0.2) is 0 Å². The maximum absolute atomic E-state index is 11.7. The summed E-state index contributed by atoms with van der Waals surface area (Å²) in [4.78, 5) is 11.7. The Morgan fingerprint density at radius 2 is 2.12 bits per heavy atom. The van der Waals surface area contributed by atoms with E-state index >= 15 is 0 Å². The highest BCUT2D eigenvalue weighted by atomic mass is 16.5. The van der Waals surface area contributed by atoms with Crippen molar-refractivity contribution in [1.29, 1.82) is 0 Å². The van der Waals surface area contributed by atoms with Crippen LogP contribution in [0.2, 0.25) is 0 Å². The van der Waals surface area contributed by atoms with Gasteiger partial charge in [-0.05, 0) is 24.5 Å². The van der Waals surface area contributed by atoms with Gasteiger partial charge in [0.2, 0.25) is 5.91 Å². The summed E-state index contributed by atoms with van der Waals surface area (Å²) in [5, 5.41) is 2.91. The summed E-state index contributed by atoms with van der Waals surface area (Å²) in [6, 6.07) is 7.77.